The van der Waals surface area contributed by atoms with Gasteiger partial charge in [0, 0.05) is 18.8 Å². The summed E-state index contributed by atoms with van der Waals surface area (Å²) in [4.78, 5) is 9.06. The molecule has 0 saturated carbocycles. The Morgan fingerprint density at radius 2 is 1.82 bits per heavy atom. The summed E-state index contributed by atoms with van der Waals surface area (Å²) >= 11 is 0. The van der Waals surface area contributed by atoms with E-state index in [2.05, 4.69) is 16.8 Å². The molecule has 0 N–H and O–H groups in total. The first-order valence-electron chi connectivity index (χ1n) is 7.16. The first-order chi connectivity index (χ1) is 10.4. The summed E-state index contributed by atoms with van der Waals surface area (Å²) in [7, 11) is 0.513. The van der Waals surface area contributed by atoms with Crippen molar-refractivity contribution in [1.82, 2.24) is 9.88 Å². The van der Waals surface area contributed by atoms with Gasteiger partial charge in [-0.05, 0) is 45.3 Å². The van der Waals surface area contributed by atoms with Crippen molar-refractivity contribution in [2.45, 2.75) is 22.8 Å². The predicted octanol–water partition coefficient (Wildman–Crippen LogP) is 2.32. The second-order valence-electron chi connectivity index (χ2n) is 5.72. The molecule has 0 saturated heterocycles. The van der Waals surface area contributed by atoms with E-state index in [0.717, 1.165) is 0 Å². The van der Waals surface area contributed by atoms with Crippen LogP contribution in [0.2, 0.25) is 0 Å². The highest BCUT2D eigenvalue weighted by molar-refractivity contribution is 7.92. The number of hydrogen-bond donors (Lipinski definition) is 0. The summed E-state index contributed by atoms with van der Waals surface area (Å²) in [6.45, 7) is 2.78. The third-order valence-electron chi connectivity index (χ3n) is 4.07. The highest BCUT2D eigenvalue weighted by Gasteiger charge is 2.35. The van der Waals surface area contributed by atoms with Gasteiger partial charge in [-0.25, -0.2) is 13.4 Å². The van der Waals surface area contributed by atoms with E-state index in [-0.39, 0.29) is 10.9 Å². The van der Waals surface area contributed by atoms with Gasteiger partial charge in [0.1, 0.15) is 4.90 Å². The van der Waals surface area contributed by atoms with Crippen LogP contribution in [0.1, 0.15) is 6.92 Å². The van der Waals surface area contributed by atoms with Gasteiger partial charge < -0.3 is 9.80 Å². The third-order valence-corrected chi connectivity index (χ3v) is 5.89. The van der Waals surface area contributed by atoms with Crippen LogP contribution in [0.15, 0.2) is 52.4 Å². The van der Waals surface area contributed by atoms with E-state index in [1.165, 1.54) is 0 Å². The summed E-state index contributed by atoms with van der Waals surface area (Å²) in [5.74, 6) is 0.509. The maximum Gasteiger partial charge on any atom is 0.212 e. The molecular formula is C16H19N3O2S. The second-order valence-corrected chi connectivity index (χ2v) is 7.61. The molecule has 1 aromatic carbocycles. The van der Waals surface area contributed by atoms with E-state index in [1.54, 1.807) is 30.5 Å². The van der Waals surface area contributed by atoms with Crippen molar-refractivity contribution in [1.29, 1.82) is 0 Å². The standard InChI is InChI=1S/C16H19N3O2S/c1-12(18(2)3)11-19-13-7-4-5-8-14(13)22(20,21)15-9-6-10-17-16(15)19/h4-10,12H,11H2,1-3H3. The topological polar surface area (TPSA) is 53.5 Å². The molecule has 0 fully saturated rings. The molecule has 5 nitrogen and oxygen atoms in total. The van der Waals surface area contributed by atoms with Crippen LogP contribution in [0, 0.1) is 0 Å². The SMILES string of the molecule is CC(CN1c2ccccc2S(=O)(=O)c2cccnc21)N(C)C. The fraction of sp³-hybridized carbons (Fsp3) is 0.312. The zero-order valence-corrected chi connectivity index (χ0v) is 13.7. The smallest absolute Gasteiger partial charge is 0.212 e. The Morgan fingerprint density at radius 1 is 1.14 bits per heavy atom. The predicted molar refractivity (Wildman–Crippen MR) is 86.3 cm³/mol. The molecule has 0 radical (unpaired) electrons. The molecule has 0 aliphatic carbocycles. The lowest BCUT2D eigenvalue weighted by atomic mass is 10.2. The first kappa shape index (κ1) is 15.0. The summed E-state index contributed by atoms with van der Waals surface area (Å²) in [6, 6.07) is 10.7. The fourth-order valence-electron chi connectivity index (χ4n) is 2.55. The van der Waals surface area contributed by atoms with Crippen molar-refractivity contribution in [2.24, 2.45) is 0 Å². The van der Waals surface area contributed by atoms with Gasteiger partial charge in [0.2, 0.25) is 9.84 Å². The first-order valence-corrected chi connectivity index (χ1v) is 8.64. The molecule has 1 aliphatic rings. The molecule has 0 bridgehead atoms. The Labute approximate surface area is 131 Å². The molecule has 1 aromatic heterocycles. The molecule has 0 spiro atoms. The molecule has 1 aliphatic heterocycles. The number of aromatic nitrogens is 1. The fourth-order valence-corrected chi connectivity index (χ4v) is 4.16. The van der Waals surface area contributed by atoms with Gasteiger partial charge in [0.25, 0.3) is 0 Å². The van der Waals surface area contributed by atoms with Crippen molar-refractivity contribution in [3.8, 4) is 0 Å². The van der Waals surface area contributed by atoms with Crippen molar-refractivity contribution in [2.75, 3.05) is 25.5 Å². The molecule has 116 valence electrons. The quantitative estimate of drug-likeness (QED) is 0.869. The molecule has 1 atom stereocenters. The molecule has 1 unspecified atom stereocenters. The number of pyridine rings is 1. The van der Waals surface area contributed by atoms with Gasteiger partial charge in [-0.15, -0.1) is 0 Å². The Morgan fingerprint density at radius 3 is 2.55 bits per heavy atom. The van der Waals surface area contributed by atoms with E-state index in [4.69, 9.17) is 0 Å². The van der Waals surface area contributed by atoms with Gasteiger partial charge in [0.05, 0.1) is 10.6 Å². The number of para-hydroxylation sites is 1. The Hall–Kier alpha value is -1.92. The monoisotopic (exact) mass is 317 g/mol. The molecule has 0 amide bonds. The number of sulfone groups is 1. The number of fused-ring (bicyclic) bond motifs is 2. The number of benzene rings is 1. The lowest BCUT2D eigenvalue weighted by Crippen LogP contribution is -2.39. The second kappa shape index (κ2) is 5.37. The Kier molecular flexibility index (Phi) is 3.66. The maximum absolute atomic E-state index is 12.8. The Bertz CT molecular complexity index is 749. The van der Waals surface area contributed by atoms with Gasteiger partial charge in [-0.3, -0.25) is 0 Å². The molecule has 22 heavy (non-hydrogen) atoms. The van der Waals surface area contributed by atoms with Crippen molar-refractivity contribution >= 4 is 21.3 Å². The number of hydrogen-bond acceptors (Lipinski definition) is 5. The van der Waals surface area contributed by atoms with E-state index in [0.29, 0.717) is 22.9 Å². The lowest BCUT2D eigenvalue weighted by Gasteiger charge is -2.34. The van der Waals surface area contributed by atoms with Gasteiger partial charge >= 0.3 is 0 Å². The highest BCUT2D eigenvalue weighted by Crippen LogP contribution is 2.42. The van der Waals surface area contributed by atoms with Crippen molar-refractivity contribution in [3.63, 3.8) is 0 Å². The highest BCUT2D eigenvalue weighted by atomic mass is 32.2. The Balaban J connectivity index is 2.20. The van der Waals surface area contributed by atoms with Crippen LogP contribution in [0.25, 0.3) is 0 Å². The van der Waals surface area contributed by atoms with Crippen molar-refractivity contribution in [3.05, 3.63) is 42.6 Å². The lowest BCUT2D eigenvalue weighted by molar-refractivity contribution is 0.318. The van der Waals surface area contributed by atoms with Gasteiger partial charge in [-0.2, -0.15) is 0 Å². The largest absolute Gasteiger partial charge is 0.323 e. The van der Waals surface area contributed by atoms with Crippen LogP contribution in [-0.4, -0.2) is 45.0 Å². The minimum absolute atomic E-state index is 0.253. The zero-order valence-electron chi connectivity index (χ0n) is 12.9. The molecular weight excluding hydrogens is 298 g/mol. The summed E-state index contributed by atoms with van der Waals surface area (Å²) in [5, 5.41) is 0. The maximum atomic E-state index is 12.8. The molecule has 2 aromatic rings. The van der Waals surface area contributed by atoms with Crippen LogP contribution in [0.5, 0.6) is 0 Å². The normalized spacial score (nSPS) is 17.0. The average molecular weight is 317 g/mol. The van der Waals surface area contributed by atoms with E-state index < -0.39 is 9.84 Å². The van der Waals surface area contributed by atoms with Crippen LogP contribution in [-0.2, 0) is 9.84 Å². The van der Waals surface area contributed by atoms with E-state index in [9.17, 15) is 8.42 Å². The van der Waals surface area contributed by atoms with Crippen LogP contribution < -0.4 is 4.90 Å². The minimum atomic E-state index is -3.51. The summed E-state index contributed by atoms with van der Waals surface area (Å²) in [5.41, 5.74) is 0.697. The van der Waals surface area contributed by atoms with Crippen molar-refractivity contribution < 1.29 is 8.42 Å². The number of likely N-dealkylation sites (N-methyl/N-ethyl adjacent to an activating group) is 1. The van der Waals surface area contributed by atoms with Gasteiger partial charge in [0.15, 0.2) is 5.82 Å². The van der Waals surface area contributed by atoms with Crippen LogP contribution >= 0.6 is 0 Å². The molecule has 2 heterocycles. The molecule has 6 heteroatoms. The number of anilines is 2. The third kappa shape index (κ3) is 2.28. The zero-order chi connectivity index (χ0) is 15.9. The minimum Gasteiger partial charge on any atom is -0.323 e. The number of rotatable bonds is 3. The van der Waals surface area contributed by atoms with Crippen LogP contribution in [0.3, 0.4) is 0 Å². The summed E-state index contributed by atoms with van der Waals surface area (Å²) in [6.07, 6.45) is 1.63. The van der Waals surface area contributed by atoms with E-state index in [1.807, 2.05) is 31.1 Å². The number of nitrogens with zero attached hydrogens (tertiary/aromatic N) is 3. The van der Waals surface area contributed by atoms with E-state index >= 15 is 0 Å². The van der Waals surface area contributed by atoms with Gasteiger partial charge in [-0.1, -0.05) is 12.1 Å². The summed E-state index contributed by atoms with van der Waals surface area (Å²) < 4.78 is 25.6. The molecule has 3 rings (SSSR count). The van der Waals surface area contributed by atoms with Crippen LogP contribution in [0.4, 0.5) is 11.5 Å². The average Bonchev–Trinajstić information content (AvgIpc) is 2.51.